The quantitative estimate of drug-likeness (QED) is 0.631. The molecule has 1 aliphatic rings. The Labute approximate surface area is 153 Å². The van der Waals surface area contributed by atoms with Gasteiger partial charge in [-0.15, -0.1) is 0 Å². The minimum atomic E-state index is -0.449. The zero-order valence-corrected chi connectivity index (χ0v) is 14.6. The first-order chi connectivity index (χ1) is 12.1. The number of rotatable bonds is 2. The maximum absolute atomic E-state index is 14.5. The Morgan fingerprint density at radius 2 is 1.80 bits per heavy atom. The van der Waals surface area contributed by atoms with Gasteiger partial charge in [-0.05, 0) is 30.3 Å². The molecule has 0 atom stereocenters. The fourth-order valence-electron chi connectivity index (χ4n) is 2.77. The van der Waals surface area contributed by atoms with Crippen molar-refractivity contribution < 1.29 is 9.13 Å². The molecule has 1 aliphatic heterocycles. The SMILES string of the molecule is Fc1cc(Cl)ccc1-c1nc(N2CCOCC2)nc2nc(Cl)ccc12. The van der Waals surface area contributed by atoms with E-state index in [0.717, 1.165) is 0 Å². The number of anilines is 1. The van der Waals surface area contributed by atoms with Gasteiger partial charge >= 0.3 is 0 Å². The van der Waals surface area contributed by atoms with Gasteiger partial charge in [0.05, 0.1) is 18.9 Å². The number of aromatic nitrogens is 3. The van der Waals surface area contributed by atoms with Gasteiger partial charge in [0.1, 0.15) is 11.0 Å². The number of nitrogens with zero attached hydrogens (tertiary/aromatic N) is 4. The summed E-state index contributed by atoms with van der Waals surface area (Å²) in [6, 6.07) is 7.89. The Kier molecular flexibility index (Phi) is 4.41. The highest BCUT2D eigenvalue weighted by molar-refractivity contribution is 6.30. The van der Waals surface area contributed by atoms with Gasteiger partial charge in [0.2, 0.25) is 5.95 Å². The topological polar surface area (TPSA) is 51.1 Å². The predicted octanol–water partition coefficient (Wildman–Crippen LogP) is 3.97. The van der Waals surface area contributed by atoms with E-state index in [4.69, 9.17) is 27.9 Å². The number of benzene rings is 1. The molecule has 3 aromatic rings. The van der Waals surface area contributed by atoms with Gasteiger partial charge in [0.25, 0.3) is 0 Å². The lowest BCUT2D eigenvalue weighted by molar-refractivity contribution is 0.122. The van der Waals surface area contributed by atoms with Crippen molar-refractivity contribution in [2.45, 2.75) is 0 Å². The van der Waals surface area contributed by atoms with Crippen molar-refractivity contribution >= 4 is 40.2 Å². The molecule has 8 heteroatoms. The van der Waals surface area contributed by atoms with Crippen molar-refractivity contribution in [2.75, 3.05) is 31.2 Å². The Balaban J connectivity index is 1.94. The molecule has 1 aromatic carbocycles. The number of hydrogen-bond donors (Lipinski definition) is 0. The minimum Gasteiger partial charge on any atom is -0.378 e. The van der Waals surface area contributed by atoms with E-state index in [1.165, 1.54) is 6.07 Å². The van der Waals surface area contributed by atoms with Crippen LogP contribution in [0.4, 0.5) is 10.3 Å². The Morgan fingerprint density at radius 3 is 2.56 bits per heavy atom. The third-order valence-corrected chi connectivity index (χ3v) is 4.44. The molecule has 128 valence electrons. The summed E-state index contributed by atoms with van der Waals surface area (Å²) in [6.07, 6.45) is 0. The van der Waals surface area contributed by atoms with Gasteiger partial charge in [-0.25, -0.2) is 14.4 Å². The highest BCUT2D eigenvalue weighted by atomic mass is 35.5. The molecule has 0 spiro atoms. The fourth-order valence-corrected chi connectivity index (χ4v) is 3.07. The monoisotopic (exact) mass is 378 g/mol. The van der Waals surface area contributed by atoms with Gasteiger partial charge in [-0.2, -0.15) is 4.98 Å². The number of ether oxygens (including phenoxy) is 1. The molecule has 0 N–H and O–H groups in total. The van der Waals surface area contributed by atoms with Gasteiger partial charge in [0, 0.05) is 29.1 Å². The number of fused-ring (bicyclic) bond motifs is 1. The molecule has 0 aliphatic carbocycles. The summed E-state index contributed by atoms with van der Waals surface area (Å²) in [7, 11) is 0. The first kappa shape index (κ1) is 16.4. The van der Waals surface area contributed by atoms with E-state index in [1.807, 2.05) is 4.90 Å². The van der Waals surface area contributed by atoms with Crippen LogP contribution in [0.25, 0.3) is 22.3 Å². The molecule has 0 amide bonds. The second-order valence-electron chi connectivity index (χ2n) is 5.60. The van der Waals surface area contributed by atoms with Crippen LogP contribution in [0.5, 0.6) is 0 Å². The lowest BCUT2D eigenvalue weighted by atomic mass is 10.1. The molecule has 0 bridgehead atoms. The van der Waals surface area contributed by atoms with Crippen LogP contribution in [0.1, 0.15) is 0 Å². The molecule has 1 saturated heterocycles. The summed E-state index contributed by atoms with van der Waals surface area (Å²) in [5, 5.41) is 1.28. The summed E-state index contributed by atoms with van der Waals surface area (Å²) in [6.45, 7) is 2.51. The van der Waals surface area contributed by atoms with Crippen molar-refractivity contribution in [3.8, 4) is 11.3 Å². The molecule has 5 nitrogen and oxygen atoms in total. The largest absolute Gasteiger partial charge is 0.378 e. The third-order valence-electron chi connectivity index (χ3n) is 3.99. The standard InChI is InChI=1S/C17H13Cl2FN4O/c18-10-1-2-11(13(20)9-10)15-12-3-4-14(19)21-16(12)23-17(22-15)24-5-7-25-8-6-24/h1-4,9H,5-8H2. The van der Waals surface area contributed by atoms with Crippen LogP contribution in [0.2, 0.25) is 10.2 Å². The molecule has 3 heterocycles. The lowest BCUT2D eigenvalue weighted by Gasteiger charge is -2.27. The van der Waals surface area contributed by atoms with Crippen molar-refractivity contribution in [2.24, 2.45) is 0 Å². The lowest BCUT2D eigenvalue weighted by Crippen LogP contribution is -2.37. The van der Waals surface area contributed by atoms with E-state index < -0.39 is 5.82 Å². The van der Waals surface area contributed by atoms with E-state index in [2.05, 4.69) is 15.0 Å². The van der Waals surface area contributed by atoms with E-state index in [1.54, 1.807) is 24.3 Å². The number of hydrogen-bond acceptors (Lipinski definition) is 5. The molecule has 0 radical (unpaired) electrons. The zero-order chi connectivity index (χ0) is 17.4. The molecular weight excluding hydrogens is 366 g/mol. The zero-order valence-electron chi connectivity index (χ0n) is 13.0. The van der Waals surface area contributed by atoms with E-state index >= 15 is 0 Å². The van der Waals surface area contributed by atoms with E-state index in [-0.39, 0.29) is 0 Å². The van der Waals surface area contributed by atoms with Crippen LogP contribution >= 0.6 is 23.2 Å². The smallest absolute Gasteiger partial charge is 0.228 e. The van der Waals surface area contributed by atoms with Crippen LogP contribution in [0.15, 0.2) is 30.3 Å². The summed E-state index contributed by atoms with van der Waals surface area (Å²) in [5.74, 6) is 0.0327. The molecule has 0 unspecified atom stereocenters. The Morgan fingerprint density at radius 1 is 1.00 bits per heavy atom. The number of halogens is 3. The predicted molar refractivity (Wildman–Crippen MR) is 95.8 cm³/mol. The summed E-state index contributed by atoms with van der Waals surface area (Å²) >= 11 is 11.9. The first-order valence-corrected chi connectivity index (χ1v) is 8.50. The fraction of sp³-hybridized carbons (Fsp3) is 0.235. The summed E-state index contributed by atoms with van der Waals surface area (Å²) < 4.78 is 19.9. The van der Waals surface area contributed by atoms with Crippen LogP contribution in [0, 0.1) is 5.82 Å². The third kappa shape index (κ3) is 3.25. The average molecular weight is 379 g/mol. The number of pyridine rings is 1. The summed E-state index contributed by atoms with van der Waals surface area (Å²) in [5.41, 5.74) is 1.23. The van der Waals surface area contributed by atoms with Crippen molar-refractivity contribution in [3.63, 3.8) is 0 Å². The molecule has 4 rings (SSSR count). The van der Waals surface area contributed by atoms with Gasteiger partial charge < -0.3 is 9.64 Å². The highest BCUT2D eigenvalue weighted by Gasteiger charge is 2.19. The highest BCUT2D eigenvalue weighted by Crippen LogP contribution is 2.31. The van der Waals surface area contributed by atoms with Gasteiger partial charge in [-0.3, -0.25) is 0 Å². The Bertz CT molecular complexity index is 947. The number of morpholine rings is 1. The second kappa shape index (κ2) is 6.71. The van der Waals surface area contributed by atoms with Crippen LogP contribution in [-0.4, -0.2) is 41.3 Å². The van der Waals surface area contributed by atoms with Crippen LogP contribution in [-0.2, 0) is 4.74 Å². The molecular formula is C17H13Cl2FN4O. The van der Waals surface area contributed by atoms with Gasteiger partial charge in [-0.1, -0.05) is 23.2 Å². The molecule has 2 aromatic heterocycles. The van der Waals surface area contributed by atoms with Crippen LogP contribution < -0.4 is 4.90 Å². The molecule has 25 heavy (non-hydrogen) atoms. The maximum atomic E-state index is 14.5. The van der Waals surface area contributed by atoms with Gasteiger partial charge in [0.15, 0.2) is 5.65 Å². The van der Waals surface area contributed by atoms with Crippen LogP contribution in [0.3, 0.4) is 0 Å². The normalized spacial score (nSPS) is 14.9. The maximum Gasteiger partial charge on any atom is 0.228 e. The first-order valence-electron chi connectivity index (χ1n) is 7.74. The van der Waals surface area contributed by atoms with Crippen molar-refractivity contribution in [1.29, 1.82) is 0 Å². The van der Waals surface area contributed by atoms with Crippen molar-refractivity contribution in [1.82, 2.24) is 15.0 Å². The van der Waals surface area contributed by atoms with Crippen molar-refractivity contribution in [3.05, 3.63) is 46.3 Å². The average Bonchev–Trinajstić information content (AvgIpc) is 2.61. The van der Waals surface area contributed by atoms with E-state index in [0.29, 0.717) is 64.7 Å². The Hall–Kier alpha value is -2.02. The second-order valence-corrected chi connectivity index (χ2v) is 6.42. The molecule has 0 saturated carbocycles. The molecule has 1 fully saturated rings. The minimum absolute atomic E-state index is 0.321. The summed E-state index contributed by atoms with van der Waals surface area (Å²) in [4.78, 5) is 15.4. The van der Waals surface area contributed by atoms with E-state index in [9.17, 15) is 4.39 Å².